The van der Waals surface area contributed by atoms with Crippen LogP contribution in [0, 0.1) is 11.8 Å². The minimum atomic E-state index is -0.136. The molecule has 1 fully saturated rings. The van der Waals surface area contributed by atoms with Gasteiger partial charge in [0.25, 0.3) is 5.91 Å². The summed E-state index contributed by atoms with van der Waals surface area (Å²) in [5, 5.41) is 0. The van der Waals surface area contributed by atoms with Crippen LogP contribution < -0.4 is 4.74 Å². The summed E-state index contributed by atoms with van der Waals surface area (Å²) in [6, 6.07) is 16.1. The summed E-state index contributed by atoms with van der Waals surface area (Å²) in [4.78, 5) is 27.4. The highest BCUT2D eigenvalue weighted by molar-refractivity contribution is 5.97. The predicted molar refractivity (Wildman–Crippen MR) is 115 cm³/mol. The summed E-state index contributed by atoms with van der Waals surface area (Å²) in [6.07, 6.45) is 3.44. The number of hydrogen-bond donors (Lipinski definition) is 0. The van der Waals surface area contributed by atoms with E-state index < -0.39 is 0 Å². The summed E-state index contributed by atoms with van der Waals surface area (Å²) >= 11 is 0. The third-order valence-corrected chi connectivity index (χ3v) is 5.94. The van der Waals surface area contributed by atoms with Crippen molar-refractivity contribution in [3.63, 3.8) is 0 Å². The Hall–Kier alpha value is -2.82. The van der Waals surface area contributed by atoms with Crippen LogP contribution in [0.4, 0.5) is 0 Å². The molecule has 30 heavy (non-hydrogen) atoms. The van der Waals surface area contributed by atoms with Crippen molar-refractivity contribution in [2.45, 2.75) is 32.6 Å². The molecule has 0 radical (unpaired) electrons. The van der Waals surface area contributed by atoms with Gasteiger partial charge < -0.3 is 14.4 Å². The zero-order valence-electron chi connectivity index (χ0n) is 17.5. The Morgan fingerprint density at radius 3 is 2.77 bits per heavy atom. The lowest BCUT2D eigenvalue weighted by Gasteiger charge is -2.24. The van der Waals surface area contributed by atoms with Gasteiger partial charge in [-0.2, -0.15) is 0 Å². The van der Waals surface area contributed by atoms with Crippen LogP contribution in [0.3, 0.4) is 0 Å². The summed E-state index contributed by atoms with van der Waals surface area (Å²) in [5.41, 5.74) is 3.00. The first kappa shape index (κ1) is 20.5. The fraction of sp³-hybridized carbons (Fsp3) is 0.440. The van der Waals surface area contributed by atoms with Gasteiger partial charge in [0.15, 0.2) is 0 Å². The fourth-order valence-corrected chi connectivity index (χ4v) is 4.22. The molecule has 1 aliphatic heterocycles. The molecule has 2 aromatic rings. The van der Waals surface area contributed by atoms with E-state index in [0.29, 0.717) is 31.9 Å². The molecular formula is C25H29NO4. The van der Waals surface area contributed by atoms with Gasteiger partial charge in [0.05, 0.1) is 24.7 Å². The lowest BCUT2D eigenvalue weighted by molar-refractivity contribution is -0.145. The van der Waals surface area contributed by atoms with E-state index in [-0.39, 0.29) is 23.7 Å². The predicted octanol–water partition coefficient (Wildman–Crippen LogP) is 3.90. The molecule has 0 unspecified atom stereocenters. The van der Waals surface area contributed by atoms with Gasteiger partial charge in [0, 0.05) is 19.5 Å². The molecule has 158 valence electrons. The molecule has 5 nitrogen and oxygen atoms in total. The topological polar surface area (TPSA) is 55.8 Å². The first-order chi connectivity index (χ1) is 14.7. The van der Waals surface area contributed by atoms with Crippen molar-refractivity contribution in [1.29, 1.82) is 0 Å². The number of benzene rings is 2. The fourth-order valence-electron chi connectivity index (χ4n) is 4.22. The zero-order chi connectivity index (χ0) is 20.9. The second-order valence-electron chi connectivity index (χ2n) is 8.09. The van der Waals surface area contributed by atoms with Crippen molar-refractivity contribution < 1.29 is 19.1 Å². The molecule has 2 aliphatic rings. The number of rotatable bonds is 9. The van der Waals surface area contributed by atoms with E-state index in [1.165, 1.54) is 5.56 Å². The van der Waals surface area contributed by atoms with Gasteiger partial charge in [-0.3, -0.25) is 9.59 Å². The standard InChI is InChI=1S/C25H29NO4/c1-2-29-25(28)22-16-20(22)17-26(14-7-10-18-8-4-3-5-9-18)24(27)21-12-6-11-19-13-15-30-23(19)21/h3-6,8-9,11-12,20,22H,2,7,10,13-17H2,1H3/t20-,22+/m1/s1. The lowest BCUT2D eigenvalue weighted by Crippen LogP contribution is -2.35. The maximum Gasteiger partial charge on any atom is 0.309 e. The Morgan fingerprint density at radius 1 is 1.13 bits per heavy atom. The normalized spacial score (nSPS) is 19.0. The quantitative estimate of drug-likeness (QED) is 0.592. The van der Waals surface area contributed by atoms with Crippen molar-refractivity contribution in [2.24, 2.45) is 11.8 Å². The number of hydrogen-bond acceptors (Lipinski definition) is 4. The van der Waals surface area contributed by atoms with E-state index >= 15 is 0 Å². The van der Waals surface area contributed by atoms with Gasteiger partial charge in [-0.25, -0.2) is 0 Å². The Bertz CT molecular complexity index is 895. The molecule has 0 spiro atoms. The number of nitrogens with zero attached hydrogens (tertiary/aromatic N) is 1. The molecule has 0 saturated heterocycles. The van der Waals surface area contributed by atoms with Gasteiger partial charge in [-0.1, -0.05) is 42.5 Å². The first-order valence-electron chi connectivity index (χ1n) is 10.9. The van der Waals surface area contributed by atoms with Crippen LogP contribution in [0.1, 0.15) is 41.3 Å². The van der Waals surface area contributed by atoms with Crippen LogP contribution in [-0.2, 0) is 22.4 Å². The molecule has 0 aromatic heterocycles. The molecular weight excluding hydrogens is 378 g/mol. The second-order valence-corrected chi connectivity index (χ2v) is 8.09. The Labute approximate surface area is 178 Å². The molecule has 5 heteroatoms. The Morgan fingerprint density at radius 2 is 1.97 bits per heavy atom. The van der Waals surface area contributed by atoms with Crippen LogP contribution >= 0.6 is 0 Å². The van der Waals surface area contributed by atoms with Crippen molar-refractivity contribution in [1.82, 2.24) is 4.90 Å². The van der Waals surface area contributed by atoms with Gasteiger partial charge in [0.1, 0.15) is 5.75 Å². The molecule has 1 aliphatic carbocycles. The van der Waals surface area contributed by atoms with E-state index in [0.717, 1.165) is 37.0 Å². The van der Waals surface area contributed by atoms with Gasteiger partial charge in [-0.15, -0.1) is 0 Å². The highest BCUT2D eigenvalue weighted by Gasteiger charge is 2.45. The van der Waals surface area contributed by atoms with Crippen molar-refractivity contribution >= 4 is 11.9 Å². The first-order valence-corrected chi connectivity index (χ1v) is 10.9. The SMILES string of the molecule is CCOC(=O)[C@H]1C[C@@H]1CN(CCCc1ccccc1)C(=O)c1cccc2c1OCC2. The minimum absolute atomic E-state index is 0.00341. The monoisotopic (exact) mass is 407 g/mol. The third kappa shape index (κ3) is 4.66. The van der Waals surface area contributed by atoms with Crippen LogP contribution in [0.25, 0.3) is 0 Å². The Balaban J connectivity index is 1.45. The van der Waals surface area contributed by atoms with E-state index in [2.05, 4.69) is 12.1 Å². The summed E-state index contributed by atoms with van der Waals surface area (Å²) in [5.74, 6) is 0.697. The number of fused-ring (bicyclic) bond motifs is 1. The zero-order valence-corrected chi connectivity index (χ0v) is 17.5. The average molecular weight is 408 g/mol. The van der Waals surface area contributed by atoms with E-state index in [9.17, 15) is 9.59 Å². The third-order valence-electron chi connectivity index (χ3n) is 5.94. The van der Waals surface area contributed by atoms with Crippen LogP contribution in [-0.4, -0.2) is 43.1 Å². The van der Waals surface area contributed by atoms with Gasteiger partial charge in [-0.05, 0) is 49.3 Å². The molecule has 0 N–H and O–H groups in total. The number of para-hydroxylation sites is 1. The number of carbonyl (C=O) groups is 2. The number of esters is 1. The Kier molecular flexibility index (Phi) is 6.36. The molecule has 2 aromatic carbocycles. The highest BCUT2D eigenvalue weighted by atomic mass is 16.5. The lowest BCUT2D eigenvalue weighted by atomic mass is 10.1. The number of aryl methyl sites for hydroxylation is 1. The maximum atomic E-state index is 13.4. The van der Waals surface area contributed by atoms with Crippen molar-refractivity contribution in [2.75, 3.05) is 26.3 Å². The van der Waals surface area contributed by atoms with Crippen molar-refractivity contribution in [3.05, 3.63) is 65.2 Å². The molecule has 0 bridgehead atoms. The second kappa shape index (κ2) is 9.33. The van der Waals surface area contributed by atoms with Crippen LogP contribution in [0.2, 0.25) is 0 Å². The molecule has 4 rings (SSSR count). The number of amides is 1. The average Bonchev–Trinajstić information content (AvgIpc) is 3.37. The van der Waals surface area contributed by atoms with Gasteiger partial charge in [0.2, 0.25) is 0 Å². The van der Waals surface area contributed by atoms with Gasteiger partial charge >= 0.3 is 5.97 Å². The van der Waals surface area contributed by atoms with Crippen LogP contribution in [0.15, 0.2) is 48.5 Å². The highest BCUT2D eigenvalue weighted by Crippen LogP contribution is 2.40. The van der Waals surface area contributed by atoms with E-state index in [1.807, 2.05) is 48.2 Å². The van der Waals surface area contributed by atoms with E-state index in [1.54, 1.807) is 0 Å². The summed E-state index contributed by atoms with van der Waals surface area (Å²) in [6.45, 7) is 4.09. The van der Waals surface area contributed by atoms with E-state index in [4.69, 9.17) is 9.47 Å². The number of carbonyl (C=O) groups excluding carboxylic acids is 2. The summed E-state index contributed by atoms with van der Waals surface area (Å²) in [7, 11) is 0. The molecule has 1 heterocycles. The van der Waals surface area contributed by atoms with Crippen molar-refractivity contribution in [3.8, 4) is 5.75 Å². The molecule has 2 atom stereocenters. The number of ether oxygens (including phenoxy) is 2. The van der Waals surface area contributed by atoms with Crippen LogP contribution in [0.5, 0.6) is 5.75 Å². The molecule has 1 saturated carbocycles. The molecule has 1 amide bonds. The largest absolute Gasteiger partial charge is 0.492 e. The minimum Gasteiger partial charge on any atom is -0.492 e. The maximum absolute atomic E-state index is 13.4. The summed E-state index contributed by atoms with van der Waals surface area (Å²) < 4.78 is 10.9. The smallest absolute Gasteiger partial charge is 0.309 e.